The molecule has 3 aliphatic heterocycles. The van der Waals surface area contributed by atoms with Crippen molar-refractivity contribution in [1.29, 1.82) is 0 Å². The average Bonchev–Trinajstić information content (AvgIpc) is 2.98. The number of hydrazone groups is 1. The molecule has 0 saturated heterocycles. The highest BCUT2D eigenvalue weighted by Crippen LogP contribution is 2.41. The van der Waals surface area contributed by atoms with Crippen molar-refractivity contribution in [2.45, 2.75) is 12.8 Å². The van der Waals surface area contributed by atoms with Crippen molar-refractivity contribution in [3.8, 4) is 0 Å². The van der Waals surface area contributed by atoms with Crippen LogP contribution < -0.4 is 0 Å². The summed E-state index contributed by atoms with van der Waals surface area (Å²) in [5.41, 5.74) is 2.12. The Morgan fingerprint density at radius 3 is 3.09 bits per heavy atom. The number of amidine groups is 1. The molecule has 0 N–H and O–H groups in total. The van der Waals surface area contributed by atoms with Crippen LogP contribution in [-0.4, -0.2) is 45.2 Å². The molecular formula is C13H12ClFN4O2S. The lowest BCUT2D eigenvalue weighted by Gasteiger charge is -2.33. The number of rotatable bonds is 0. The van der Waals surface area contributed by atoms with Crippen LogP contribution in [0, 0.1) is 5.92 Å². The first-order valence-electron chi connectivity index (χ1n) is 6.85. The first-order valence-corrected chi connectivity index (χ1v) is 8.79. The van der Waals surface area contributed by atoms with Crippen LogP contribution in [0.3, 0.4) is 0 Å². The second-order valence-corrected chi connectivity index (χ2v) is 7.00. The van der Waals surface area contributed by atoms with Crippen molar-refractivity contribution < 1.29 is 13.4 Å². The number of halogens is 2. The zero-order valence-electron chi connectivity index (χ0n) is 11.7. The molecule has 0 saturated carbocycles. The van der Waals surface area contributed by atoms with Crippen molar-refractivity contribution in [1.82, 2.24) is 5.01 Å². The maximum Gasteiger partial charge on any atom is 0.237 e. The molecule has 0 amide bonds. The molecule has 6 nitrogen and oxygen atoms in total. The smallest absolute Gasteiger partial charge is 0.237 e. The number of allylic oxidation sites excluding steroid dienone is 2. The van der Waals surface area contributed by atoms with Crippen LogP contribution in [0.1, 0.15) is 12.8 Å². The molecule has 4 aliphatic rings. The lowest BCUT2D eigenvalue weighted by molar-refractivity contribution is 0.158. The van der Waals surface area contributed by atoms with Crippen LogP contribution in [0.4, 0.5) is 4.39 Å². The molecule has 0 aromatic carbocycles. The van der Waals surface area contributed by atoms with E-state index in [0.29, 0.717) is 24.6 Å². The van der Waals surface area contributed by atoms with E-state index < -0.39 is 16.6 Å². The zero-order valence-corrected chi connectivity index (χ0v) is 13.2. The summed E-state index contributed by atoms with van der Waals surface area (Å²) in [6, 6.07) is 0. The number of nitrogens with zero attached hydrogens (tertiary/aromatic N) is 4. The summed E-state index contributed by atoms with van der Waals surface area (Å²) in [7, 11) is -1.40. The lowest BCUT2D eigenvalue weighted by atomic mass is 9.88. The topological polar surface area (TPSA) is 66.6 Å². The maximum atomic E-state index is 14.8. The van der Waals surface area contributed by atoms with Gasteiger partial charge >= 0.3 is 0 Å². The van der Waals surface area contributed by atoms with Crippen molar-refractivity contribution >= 4 is 39.0 Å². The Hall–Kier alpha value is -1.54. The van der Waals surface area contributed by atoms with E-state index in [4.69, 9.17) is 16.4 Å². The minimum Gasteiger partial charge on any atom is -0.394 e. The number of hydrogen-bond acceptors (Lipinski definition) is 6. The molecule has 0 fully saturated rings. The van der Waals surface area contributed by atoms with Crippen LogP contribution in [-0.2, 0) is 15.6 Å². The third-order valence-corrected chi connectivity index (χ3v) is 5.10. The van der Waals surface area contributed by atoms with Crippen molar-refractivity contribution in [2.24, 2.45) is 21.2 Å². The summed E-state index contributed by atoms with van der Waals surface area (Å²) in [6.45, 7) is 0.971. The fourth-order valence-corrected chi connectivity index (χ4v) is 3.77. The summed E-state index contributed by atoms with van der Waals surface area (Å²) in [6.07, 6.45) is 3.12. The standard InChI is InChI=1S/C13H12ClFN4O2S/c1-22(20)13-16-11-9(15)8(14)10-7(5-21-18-10)6-3-2-4-19(17-13)12(6)11/h7H,2-5H2,1H3/t7-,22?/m0/s1. The normalized spacial score (nSPS) is 28.2. The van der Waals surface area contributed by atoms with Gasteiger partial charge in [-0.05, 0) is 18.4 Å². The Morgan fingerprint density at radius 2 is 2.32 bits per heavy atom. The molecule has 0 spiro atoms. The second kappa shape index (κ2) is 4.99. The van der Waals surface area contributed by atoms with E-state index in [9.17, 15) is 8.60 Å². The molecule has 0 aromatic rings. The van der Waals surface area contributed by atoms with Gasteiger partial charge in [0.25, 0.3) is 0 Å². The summed E-state index contributed by atoms with van der Waals surface area (Å²) in [4.78, 5) is 9.28. The van der Waals surface area contributed by atoms with E-state index >= 15 is 0 Å². The Labute approximate surface area is 133 Å². The molecule has 0 radical (unpaired) electrons. The van der Waals surface area contributed by atoms with Gasteiger partial charge in [-0.25, -0.2) is 9.38 Å². The van der Waals surface area contributed by atoms with Gasteiger partial charge in [-0.1, -0.05) is 16.8 Å². The number of aliphatic imine (C=N–C) groups is 1. The van der Waals surface area contributed by atoms with E-state index in [2.05, 4.69) is 15.2 Å². The SMILES string of the molecule is CS(=O)C1=NN2CCCC3=C2C(=N1)C(F)=C(Cl)C1=NOC[C@H]13. The highest BCUT2D eigenvalue weighted by Gasteiger charge is 2.42. The van der Waals surface area contributed by atoms with Gasteiger partial charge in [0.1, 0.15) is 23.1 Å². The predicted molar refractivity (Wildman–Crippen MR) is 82.8 cm³/mol. The Kier molecular flexibility index (Phi) is 3.19. The maximum absolute atomic E-state index is 14.8. The quantitative estimate of drug-likeness (QED) is 0.675. The van der Waals surface area contributed by atoms with Gasteiger partial charge < -0.3 is 4.84 Å². The third-order valence-electron chi connectivity index (χ3n) is 4.05. The lowest BCUT2D eigenvalue weighted by Crippen LogP contribution is -2.36. The molecule has 1 aliphatic carbocycles. The molecule has 9 heteroatoms. The van der Waals surface area contributed by atoms with Gasteiger partial charge in [-0.15, -0.1) is 5.10 Å². The second-order valence-electron chi connectivity index (χ2n) is 5.35. The summed E-state index contributed by atoms with van der Waals surface area (Å²) < 4.78 is 26.5. The van der Waals surface area contributed by atoms with Crippen molar-refractivity contribution in [3.05, 3.63) is 22.1 Å². The Morgan fingerprint density at radius 1 is 1.50 bits per heavy atom. The first-order chi connectivity index (χ1) is 10.6. The molecule has 22 heavy (non-hydrogen) atoms. The number of fused-ring (bicyclic) bond motifs is 2. The molecule has 2 atom stereocenters. The molecule has 116 valence electrons. The summed E-state index contributed by atoms with van der Waals surface area (Å²) in [5, 5.41) is 9.88. The van der Waals surface area contributed by atoms with Crippen LogP contribution in [0.5, 0.6) is 0 Å². The number of hydrogen-bond donors (Lipinski definition) is 0. The van der Waals surface area contributed by atoms with Gasteiger partial charge in [0, 0.05) is 12.8 Å². The molecule has 3 heterocycles. The fraction of sp³-hybridized carbons (Fsp3) is 0.462. The molecule has 0 aromatic heterocycles. The minimum atomic E-state index is -1.40. The molecule has 1 unspecified atom stereocenters. The van der Waals surface area contributed by atoms with Crippen molar-refractivity contribution in [3.63, 3.8) is 0 Å². The van der Waals surface area contributed by atoms with Gasteiger partial charge in [-0.2, -0.15) is 0 Å². The molecular weight excluding hydrogens is 331 g/mol. The highest BCUT2D eigenvalue weighted by molar-refractivity contribution is 8.00. The average molecular weight is 343 g/mol. The zero-order chi connectivity index (χ0) is 15.4. The minimum absolute atomic E-state index is 0.0845. The molecule has 4 rings (SSSR count). The first kappa shape index (κ1) is 14.1. The monoisotopic (exact) mass is 342 g/mol. The van der Waals surface area contributed by atoms with Gasteiger partial charge in [0.2, 0.25) is 5.17 Å². The van der Waals surface area contributed by atoms with Gasteiger partial charge in [-0.3, -0.25) is 9.22 Å². The van der Waals surface area contributed by atoms with E-state index in [-0.39, 0.29) is 21.8 Å². The van der Waals surface area contributed by atoms with E-state index in [1.807, 2.05) is 0 Å². The largest absolute Gasteiger partial charge is 0.394 e. The van der Waals surface area contributed by atoms with E-state index in [1.54, 1.807) is 5.01 Å². The highest BCUT2D eigenvalue weighted by atomic mass is 35.5. The van der Waals surface area contributed by atoms with Crippen molar-refractivity contribution in [2.75, 3.05) is 19.4 Å². The Bertz CT molecular complexity index is 755. The fourth-order valence-electron chi connectivity index (χ4n) is 3.08. The van der Waals surface area contributed by atoms with Crippen LogP contribution >= 0.6 is 11.6 Å². The van der Waals surface area contributed by atoms with Gasteiger partial charge in [0.05, 0.1) is 22.4 Å². The van der Waals surface area contributed by atoms with Crippen LogP contribution in [0.25, 0.3) is 0 Å². The summed E-state index contributed by atoms with van der Waals surface area (Å²) in [5.74, 6) is -0.835. The Balaban J connectivity index is 1.99. The van der Waals surface area contributed by atoms with Crippen LogP contribution in [0.2, 0.25) is 0 Å². The predicted octanol–water partition coefficient (Wildman–Crippen LogP) is 1.88. The summed E-state index contributed by atoms with van der Waals surface area (Å²) >= 11 is 6.16. The third kappa shape index (κ3) is 1.90. The number of oxime groups is 1. The van der Waals surface area contributed by atoms with E-state index in [1.165, 1.54) is 6.26 Å². The van der Waals surface area contributed by atoms with E-state index in [0.717, 1.165) is 18.4 Å². The molecule has 0 bridgehead atoms. The van der Waals surface area contributed by atoms with Gasteiger partial charge in [0.15, 0.2) is 5.83 Å². The van der Waals surface area contributed by atoms with Crippen LogP contribution in [0.15, 0.2) is 37.4 Å².